The van der Waals surface area contributed by atoms with Gasteiger partial charge in [-0.05, 0) is 116 Å². The number of hydrogen-bond donors (Lipinski definition) is 0. The van der Waals surface area contributed by atoms with E-state index in [1.54, 1.807) is 0 Å². The van der Waals surface area contributed by atoms with E-state index in [2.05, 4.69) is 252 Å². The molecule has 1 unspecified atom stereocenters. The van der Waals surface area contributed by atoms with Gasteiger partial charge in [0.2, 0.25) is 0 Å². The molecule has 2 aliphatic rings. The molecule has 11 aromatic carbocycles. The molecule has 1 aliphatic heterocycles. The van der Waals surface area contributed by atoms with Crippen LogP contribution in [0.4, 0.5) is 0 Å². The molecule has 16 rings (SSSR count). The fourth-order valence-electron chi connectivity index (χ4n) is 13.8. The van der Waals surface area contributed by atoms with Crippen molar-refractivity contribution in [1.29, 1.82) is 0 Å². The van der Waals surface area contributed by atoms with E-state index in [4.69, 9.17) is 9.97 Å². The van der Waals surface area contributed by atoms with Crippen LogP contribution in [0.1, 0.15) is 41.9 Å². The number of aryl methyl sites for hydroxylation is 2. The van der Waals surface area contributed by atoms with Crippen molar-refractivity contribution in [3.8, 4) is 56.1 Å². The van der Waals surface area contributed by atoms with E-state index in [1.807, 2.05) is 0 Å². The standard InChI is InChI=1S/C69H47N5/c1-3-63-70-57-35-12-15-38-61(57)73(63)59-39-19-27-46-52(59)41-51-43(47-28-20-40-62-66(47)71-68(72(62)4-2)42-21-6-5-7-22-42)25-16-26-45(51)64(46)50-30-18-33-55-65(50)49-24-8-10-31-53(49)69(55)54-32-11-14-37-60(54)74-58-36-13-9-23-44(58)48-29-17-34-56(69)67(48)74/h5-41H,3-4H2,1-2H3. The summed E-state index contributed by atoms with van der Waals surface area (Å²) in [5.74, 6) is 2.02. The minimum Gasteiger partial charge on any atom is -0.324 e. The first-order chi connectivity index (χ1) is 36.7. The Bertz CT molecular complexity index is 4700. The molecule has 74 heavy (non-hydrogen) atoms. The molecule has 5 nitrogen and oxygen atoms in total. The zero-order valence-corrected chi connectivity index (χ0v) is 41.0. The third kappa shape index (κ3) is 5.27. The van der Waals surface area contributed by atoms with Gasteiger partial charge in [-0.2, -0.15) is 0 Å². The summed E-state index contributed by atoms with van der Waals surface area (Å²) in [5.41, 5.74) is 22.1. The highest BCUT2D eigenvalue weighted by atomic mass is 15.1. The lowest BCUT2D eigenvalue weighted by Crippen LogP contribution is -2.33. The van der Waals surface area contributed by atoms with Crippen LogP contribution in [0, 0.1) is 0 Å². The Morgan fingerprint density at radius 3 is 1.88 bits per heavy atom. The van der Waals surface area contributed by atoms with Crippen molar-refractivity contribution in [2.75, 3.05) is 0 Å². The van der Waals surface area contributed by atoms with Crippen LogP contribution in [-0.4, -0.2) is 23.7 Å². The minimum absolute atomic E-state index is 0.588. The lowest BCUT2D eigenvalue weighted by Gasteiger charge is -2.39. The van der Waals surface area contributed by atoms with Crippen LogP contribution in [0.5, 0.6) is 0 Å². The van der Waals surface area contributed by atoms with Gasteiger partial charge in [0.25, 0.3) is 0 Å². The van der Waals surface area contributed by atoms with Gasteiger partial charge in [-0.15, -0.1) is 0 Å². The summed E-state index contributed by atoms with van der Waals surface area (Å²) in [6, 6.07) is 83.7. The molecule has 0 amide bonds. The summed E-state index contributed by atoms with van der Waals surface area (Å²) in [4.78, 5) is 10.8. The Morgan fingerprint density at radius 1 is 0.392 bits per heavy atom. The van der Waals surface area contributed by atoms with Crippen molar-refractivity contribution >= 4 is 65.4 Å². The number of hydrogen-bond acceptors (Lipinski definition) is 2. The van der Waals surface area contributed by atoms with Crippen molar-refractivity contribution in [3.63, 3.8) is 0 Å². The number of benzene rings is 11. The molecule has 3 aromatic heterocycles. The van der Waals surface area contributed by atoms with Gasteiger partial charge in [0.15, 0.2) is 0 Å². The highest BCUT2D eigenvalue weighted by molar-refractivity contribution is 6.21. The van der Waals surface area contributed by atoms with Crippen LogP contribution in [0.15, 0.2) is 224 Å². The molecule has 4 heterocycles. The van der Waals surface area contributed by atoms with Crippen LogP contribution in [0.2, 0.25) is 0 Å². The van der Waals surface area contributed by atoms with Crippen LogP contribution in [0.3, 0.4) is 0 Å². The third-order valence-electron chi connectivity index (χ3n) is 16.6. The predicted octanol–water partition coefficient (Wildman–Crippen LogP) is 17.0. The SMILES string of the molecule is CCc1nc2ccccc2n1-c1cccc2c(-c3cccc4c3-c3ccccc3C43c4ccccc4-n4c5ccccc5c5cccc3c54)c3cccc(-c4cccc5c4nc(-c4ccccc4)n5CC)c3cc12. The summed E-state index contributed by atoms with van der Waals surface area (Å²) in [6.07, 6.45) is 0.792. The Hall–Kier alpha value is -9.32. The van der Waals surface area contributed by atoms with Crippen LogP contribution in [0.25, 0.3) is 122 Å². The summed E-state index contributed by atoms with van der Waals surface area (Å²) >= 11 is 0. The number of nitrogens with zero attached hydrogens (tertiary/aromatic N) is 5. The van der Waals surface area contributed by atoms with Gasteiger partial charge in [-0.1, -0.05) is 189 Å². The van der Waals surface area contributed by atoms with Gasteiger partial charge in [-0.25, -0.2) is 9.97 Å². The maximum absolute atomic E-state index is 5.53. The summed E-state index contributed by atoms with van der Waals surface area (Å²) < 4.78 is 7.30. The van der Waals surface area contributed by atoms with Crippen LogP contribution < -0.4 is 0 Å². The topological polar surface area (TPSA) is 40.6 Å². The smallest absolute Gasteiger partial charge is 0.141 e. The molecule has 0 fully saturated rings. The molecule has 1 atom stereocenters. The molecule has 0 bridgehead atoms. The van der Waals surface area contributed by atoms with Gasteiger partial charge in [0, 0.05) is 40.3 Å². The molecule has 5 heteroatoms. The second-order valence-electron chi connectivity index (χ2n) is 20.0. The second kappa shape index (κ2) is 15.3. The largest absolute Gasteiger partial charge is 0.324 e. The molecule has 348 valence electrons. The average Bonchev–Trinajstić information content (AvgIpc) is 4.30. The summed E-state index contributed by atoms with van der Waals surface area (Å²) in [6.45, 7) is 5.24. The number of para-hydroxylation sites is 6. The fraction of sp³-hybridized carbons (Fsp3) is 0.0725. The fourth-order valence-corrected chi connectivity index (χ4v) is 13.8. The van der Waals surface area contributed by atoms with Crippen LogP contribution in [-0.2, 0) is 18.4 Å². The highest BCUT2D eigenvalue weighted by Gasteiger charge is 2.51. The minimum atomic E-state index is -0.588. The van der Waals surface area contributed by atoms with Crippen molar-refractivity contribution in [3.05, 3.63) is 253 Å². The molecule has 0 saturated heterocycles. The molecule has 1 spiro atoms. The molecular formula is C69H47N5. The first kappa shape index (κ1) is 41.3. The molecular weight excluding hydrogens is 899 g/mol. The van der Waals surface area contributed by atoms with Gasteiger partial charge < -0.3 is 9.13 Å². The molecule has 0 N–H and O–H groups in total. The Kier molecular flexibility index (Phi) is 8.57. The van der Waals surface area contributed by atoms with E-state index < -0.39 is 5.41 Å². The van der Waals surface area contributed by atoms with Gasteiger partial charge >= 0.3 is 0 Å². The van der Waals surface area contributed by atoms with E-state index in [0.29, 0.717) is 0 Å². The third-order valence-corrected chi connectivity index (χ3v) is 16.6. The zero-order valence-electron chi connectivity index (χ0n) is 41.0. The van der Waals surface area contributed by atoms with Crippen molar-refractivity contribution < 1.29 is 0 Å². The van der Waals surface area contributed by atoms with E-state index in [9.17, 15) is 0 Å². The maximum Gasteiger partial charge on any atom is 0.141 e. The Balaban J connectivity index is 1.05. The maximum atomic E-state index is 5.53. The zero-order chi connectivity index (χ0) is 48.8. The summed E-state index contributed by atoms with van der Waals surface area (Å²) in [5, 5.41) is 7.31. The number of rotatable bonds is 6. The lowest BCUT2D eigenvalue weighted by molar-refractivity contribution is 0.748. The second-order valence-corrected chi connectivity index (χ2v) is 20.0. The van der Waals surface area contributed by atoms with E-state index in [-0.39, 0.29) is 0 Å². The van der Waals surface area contributed by atoms with Crippen LogP contribution >= 0.6 is 0 Å². The normalized spacial score (nSPS) is 14.5. The predicted molar refractivity (Wildman–Crippen MR) is 306 cm³/mol. The Labute approximate surface area is 427 Å². The monoisotopic (exact) mass is 945 g/mol. The van der Waals surface area contributed by atoms with E-state index in [1.165, 1.54) is 93.5 Å². The lowest BCUT2D eigenvalue weighted by atomic mass is 9.65. The number of fused-ring (bicyclic) bond motifs is 16. The number of imidazole rings is 2. The van der Waals surface area contributed by atoms with Crippen molar-refractivity contribution in [2.24, 2.45) is 0 Å². The van der Waals surface area contributed by atoms with Crippen molar-refractivity contribution in [2.45, 2.75) is 32.2 Å². The molecule has 0 radical (unpaired) electrons. The first-order valence-corrected chi connectivity index (χ1v) is 26.0. The quantitative estimate of drug-likeness (QED) is 0.156. The van der Waals surface area contributed by atoms with Crippen molar-refractivity contribution in [1.82, 2.24) is 23.7 Å². The molecule has 14 aromatic rings. The van der Waals surface area contributed by atoms with Gasteiger partial charge in [0.05, 0.1) is 49.9 Å². The van der Waals surface area contributed by atoms with E-state index in [0.717, 1.165) is 69.1 Å². The van der Waals surface area contributed by atoms with E-state index >= 15 is 0 Å². The van der Waals surface area contributed by atoms with Gasteiger partial charge in [-0.3, -0.25) is 4.57 Å². The average molecular weight is 946 g/mol. The molecule has 1 aliphatic carbocycles. The Morgan fingerprint density at radius 2 is 1.00 bits per heavy atom. The summed E-state index contributed by atoms with van der Waals surface area (Å²) in [7, 11) is 0. The number of aromatic nitrogens is 5. The highest BCUT2D eigenvalue weighted by Crippen LogP contribution is 2.63. The van der Waals surface area contributed by atoms with Gasteiger partial charge in [0.1, 0.15) is 11.6 Å². The first-order valence-electron chi connectivity index (χ1n) is 26.0. The molecule has 0 saturated carbocycles.